The van der Waals surface area contributed by atoms with Gasteiger partial charge in [-0.25, -0.2) is 27.0 Å². The molecule has 0 spiro atoms. The summed E-state index contributed by atoms with van der Waals surface area (Å²) in [6.07, 6.45) is 2.77. The van der Waals surface area contributed by atoms with Gasteiger partial charge in [0.2, 0.25) is 10.0 Å². The molecule has 0 aliphatic rings. The van der Waals surface area contributed by atoms with Crippen LogP contribution < -0.4 is 10.0 Å². The largest absolute Gasteiger partial charge is 0.322 e. The van der Waals surface area contributed by atoms with E-state index in [1.807, 2.05) is 19.1 Å². The first-order valence-corrected chi connectivity index (χ1v) is 10.5. The summed E-state index contributed by atoms with van der Waals surface area (Å²) in [6, 6.07) is 10.0. The minimum absolute atomic E-state index is 0.195. The Labute approximate surface area is 166 Å². The highest BCUT2D eigenvalue weighted by Gasteiger charge is 2.23. The van der Waals surface area contributed by atoms with Gasteiger partial charge in [-0.1, -0.05) is 12.1 Å². The number of H-pyrrole nitrogens is 1. The van der Waals surface area contributed by atoms with E-state index >= 15 is 0 Å². The zero-order valence-electron chi connectivity index (χ0n) is 15.6. The van der Waals surface area contributed by atoms with Crippen LogP contribution in [0, 0.1) is 12.7 Å². The molecule has 3 heterocycles. The maximum atomic E-state index is 13.4. The molecule has 0 amide bonds. The maximum absolute atomic E-state index is 13.4. The van der Waals surface area contributed by atoms with Crippen LogP contribution in [0.3, 0.4) is 0 Å². The Kier molecular flexibility index (Phi) is 4.76. The van der Waals surface area contributed by atoms with Gasteiger partial charge in [-0.3, -0.25) is 5.10 Å². The van der Waals surface area contributed by atoms with Gasteiger partial charge < -0.3 is 5.32 Å². The van der Waals surface area contributed by atoms with E-state index in [1.54, 1.807) is 16.8 Å². The average Bonchev–Trinajstić information content (AvgIpc) is 3.28. The molecule has 0 aliphatic heterocycles. The molecule has 4 rings (SSSR count). The van der Waals surface area contributed by atoms with E-state index in [-0.39, 0.29) is 5.82 Å². The fraction of sp³-hybridized carbons (Fsp3) is 0.167. The number of halogens is 1. The van der Waals surface area contributed by atoms with E-state index in [4.69, 9.17) is 0 Å². The number of hydrogen-bond acceptors (Lipinski definition) is 6. The summed E-state index contributed by atoms with van der Waals surface area (Å²) in [5, 5.41) is 14.5. The Bertz CT molecular complexity index is 1270. The minimum atomic E-state index is -3.61. The molecule has 3 aromatic heterocycles. The van der Waals surface area contributed by atoms with Crippen LogP contribution in [0.1, 0.15) is 23.1 Å². The van der Waals surface area contributed by atoms with Crippen molar-refractivity contribution in [3.8, 4) is 0 Å². The lowest BCUT2D eigenvalue weighted by atomic mass is 10.1. The molecule has 1 aromatic carbocycles. The molecule has 4 aromatic rings. The molecule has 9 nitrogen and oxygen atoms in total. The number of anilines is 2. The van der Waals surface area contributed by atoms with Crippen molar-refractivity contribution in [3.05, 3.63) is 71.6 Å². The highest BCUT2D eigenvalue weighted by atomic mass is 32.2. The number of nitrogens with zero attached hydrogens (tertiary/aromatic N) is 4. The Hall–Kier alpha value is -3.31. The third-order valence-electron chi connectivity index (χ3n) is 4.15. The maximum Gasteiger partial charge on any atom is 0.209 e. The van der Waals surface area contributed by atoms with Crippen LogP contribution in [-0.2, 0) is 10.0 Å². The van der Waals surface area contributed by atoms with Crippen LogP contribution >= 0.6 is 0 Å². The zero-order chi connectivity index (χ0) is 20.6. The van der Waals surface area contributed by atoms with Crippen molar-refractivity contribution in [2.75, 3.05) is 11.6 Å². The number of sulfonamides is 1. The molecule has 150 valence electrons. The molecule has 0 fully saturated rings. The number of rotatable bonds is 6. The van der Waals surface area contributed by atoms with Gasteiger partial charge in [0.25, 0.3) is 0 Å². The lowest BCUT2D eigenvalue weighted by molar-refractivity contribution is 0.569. The number of aromatic amines is 1. The number of nitrogens with one attached hydrogen (secondary N) is 3. The molecular weight excluding hydrogens is 397 g/mol. The summed E-state index contributed by atoms with van der Waals surface area (Å²) in [6.45, 7) is 1.87. The van der Waals surface area contributed by atoms with Crippen LogP contribution in [0.5, 0.6) is 0 Å². The molecule has 29 heavy (non-hydrogen) atoms. The molecule has 11 heteroatoms. The number of aromatic nitrogens is 5. The Morgan fingerprint density at radius 2 is 1.97 bits per heavy atom. The SMILES string of the molecule is Cc1cc(Nc2nc(C(NS(C)(=O)=O)c3ccc(F)cc3)nn3cccc23)n[nH]1. The van der Waals surface area contributed by atoms with Crippen LogP contribution in [-0.4, -0.2) is 39.5 Å². The summed E-state index contributed by atoms with van der Waals surface area (Å²) >= 11 is 0. The molecule has 3 N–H and O–H groups in total. The van der Waals surface area contributed by atoms with E-state index in [0.29, 0.717) is 22.7 Å². The van der Waals surface area contributed by atoms with Gasteiger partial charge in [0.1, 0.15) is 17.4 Å². The van der Waals surface area contributed by atoms with Crippen molar-refractivity contribution in [1.82, 2.24) is 29.5 Å². The fourth-order valence-corrected chi connectivity index (χ4v) is 3.58. The van der Waals surface area contributed by atoms with E-state index in [9.17, 15) is 12.8 Å². The zero-order valence-corrected chi connectivity index (χ0v) is 16.4. The van der Waals surface area contributed by atoms with E-state index in [2.05, 4.69) is 30.3 Å². The monoisotopic (exact) mass is 415 g/mol. The molecule has 1 unspecified atom stereocenters. The number of hydrogen-bond donors (Lipinski definition) is 3. The average molecular weight is 415 g/mol. The summed E-state index contributed by atoms with van der Waals surface area (Å²) < 4.78 is 41.4. The van der Waals surface area contributed by atoms with E-state index in [0.717, 1.165) is 11.9 Å². The van der Waals surface area contributed by atoms with Crippen LogP contribution in [0.4, 0.5) is 16.0 Å². The molecule has 0 radical (unpaired) electrons. The molecule has 0 saturated carbocycles. The van der Waals surface area contributed by atoms with Crippen molar-refractivity contribution in [3.63, 3.8) is 0 Å². The predicted molar refractivity (Wildman–Crippen MR) is 106 cm³/mol. The summed E-state index contributed by atoms with van der Waals surface area (Å²) in [4.78, 5) is 4.54. The predicted octanol–water partition coefficient (Wildman–Crippen LogP) is 2.28. The van der Waals surface area contributed by atoms with Gasteiger partial charge in [0, 0.05) is 18.0 Å². The number of fused-ring (bicyclic) bond motifs is 1. The first-order chi connectivity index (χ1) is 13.8. The van der Waals surface area contributed by atoms with Gasteiger partial charge >= 0.3 is 0 Å². The fourth-order valence-electron chi connectivity index (χ4n) is 2.91. The van der Waals surface area contributed by atoms with Gasteiger partial charge in [-0.15, -0.1) is 0 Å². The van der Waals surface area contributed by atoms with Gasteiger partial charge in [-0.2, -0.15) is 10.2 Å². The highest BCUT2D eigenvalue weighted by molar-refractivity contribution is 7.88. The molecule has 0 bridgehead atoms. The van der Waals surface area contributed by atoms with Crippen molar-refractivity contribution in [2.45, 2.75) is 13.0 Å². The number of benzene rings is 1. The minimum Gasteiger partial charge on any atom is -0.322 e. The molecule has 1 atom stereocenters. The molecular formula is C18H18FN7O2S. The van der Waals surface area contributed by atoms with Crippen molar-refractivity contribution in [2.24, 2.45) is 0 Å². The van der Waals surface area contributed by atoms with Crippen molar-refractivity contribution in [1.29, 1.82) is 0 Å². The quantitative estimate of drug-likeness (QED) is 0.445. The number of aryl methyl sites for hydroxylation is 1. The first-order valence-electron chi connectivity index (χ1n) is 8.65. The van der Waals surface area contributed by atoms with E-state index < -0.39 is 21.9 Å². The normalized spacial score (nSPS) is 12.9. The second-order valence-corrected chi connectivity index (χ2v) is 8.37. The van der Waals surface area contributed by atoms with Crippen LogP contribution in [0.2, 0.25) is 0 Å². The third-order valence-corrected chi connectivity index (χ3v) is 4.82. The highest BCUT2D eigenvalue weighted by Crippen LogP contribution is 2.25. The lowest BCUT2D eigenvalue weighted by Crippen LogP contribution is -2.30. The summed E-state index contributed by atoms with van der Waals surface area (Å²) in [5.41, 5.74) is 2.06. The second kappa shape index (κ2) is 7.26. The van der Waals surface area contributed by atoms with Crippen molar-refractivity contribution >= 4 is 27.2 Å². The van der Waals surface area contributed by atoms with Gasteiger partial charge in [-0.05, 0) is 36.8 Å². The topological polar surface area (TPSA) is 117 Å². The van der Waals surface area contributed by atoms with Gasteiger partial charge in [0.15, 0.2) is 17.5 Å². The Balaban J connectivity index is 1.83. The Morgan fingerprint density at radius 3 is 2.62 bits per heavy atom. The Morgan fingerprint density at radius 1 is 1.21 bits per heavy atom. The molecule has 0 aliphatic carbocycles. The first kappa shape index (κ1) is 19.0. The standard InChI is InChI=1S/C18H18FN7O2S/c1-11-10-15(23-22-11)20-17-14-4-3-9-26(14)24-18(21-17)16(25-29(2,27)28)12-5-7-13(19)8-6-12/h3-10,16,25H,1-2H3,(H2,20,21,22,23,24). The third kappa shape index (κ3) is 4.25. The van der Waals surface area contributed by atoms with Crippen molar-refractivity contribution < 1.29 is 12.8 Å². The smallest absolute Gasteiger partial charge is 0.209 e. The lowest BCUT2D eigenvalue weighted by Gasteiger charge is -2.18. The molecule has 0 saturated heterocycles. The van der Waals surface area contributed by atoms with Crippen LogP contribution in [0.25, 0.3) is 5.52 Å². The summed E-state index contributed by atoms with van der Waals surface area (Å²) in [7, 11) is -3.61. The van der Waals surface area contributed by atoms with Crippen LogP contribution in [0.15, 0.2) is 48.7 Å². The van der Waals surface area contributed by atoms with Gasteiger partial charge in [0.05, 0.1) is 6.26 Å². The summed E-state index contributed by atoms with van der Waals surface area (Å²) in [5.74, 6) is 0.781. The van der Waals surface area contributed by atoms with E-state index in [1.165, 1.54) is 24.3 Å². The second-order valence-electron chi connectivity index (χ2n) is 6.59.